The molecule has 0 radical (unpaired) electrons. The molecule has 0 aromatic heterocycles. The van der Waals surface area contributed by atoms with Gasteiger partial charge in [-0.05, 0) is 83.5 Å². The Morgan fingerprint density at radius 2 is 1.16 bits per heavy atom. The van der Waals surface area contributed by atoms with Crippen LogP contribution in [-0.4, -0.2) is 54.1 Å². The van der Waals surface area contributed by atoms with E-state index in [0.717, 1.165) is 60.3 Å². The molecule has 5 rings (SSSR count). The number of rotatable bonds is 8. The zero-order valence-corrected chi connectivity index (χ0v) is 22.4. The van der Waals surface area contributed by atoms with Crippen LogP contribution in [0, 0.1) is 0 Å². The van der Waals surface area contributed by atoms with Crippen molar-refractivity contribution >= 4 is 0 Å². The molecule has 0 saturated heterocycles. The van der Waals surface area contributed by atoms with Crippen molar-refractivity contribution in [2.75, 3.05) is 49.2 Å². The number of nitrogens with zero attached hydrogens (tertiary/aromatic N) is 1. The molecule has 0 spiro atoms. The Kier molecular flexibility index (Phi) is 7.07. The molecule has 7 nitrogen and oxygen atoms in total. The average Bonchev–Trinajstić information content (AvgIpc) is 2.95. The van der Waals surface area contributed by atoms with E-state index in [1.54, 1.807) is 42.7 Å². The van der Waals surface area contributed by atoms with E-state index < -0.39 is 0 Å². The predicted molar refractivity (Wildman–Crippen MR) is 142 cm³/mol. The minimum absolute atomic E-state index is 0.146. The van der Waals surface area contributed by atoms with E-state index in [9.17, 15) is 0 Å². The lowest BCUT2D eigenvalue weighted by Crippen LogP contribution is -2.43. The van der Waals surface area contributed by atoms with Crippen molar-refractivity contribution in [3.63, 3.8) is 0 Å². The quantitative estimate of drug-likeness (QED) is 0.418. The van der Waals surface area contributed by atoms with Crippen molar-refractivity contribution < 1.29 is 28.4 Å². The van der Waals surface area contributed by atoms with Crippen molar-refractivity contribution in [2.45, 2.75) is 31.3 Å². The summed E-state index contributed by atoms with van der Waals surface area (Å²) in [5.74, 6) is 4.51. The van der Waals surface area contributed by atoms with Gasteiger partial charge in [0, 0.05) is 18.6 Å². The number of hydrogen-bond acceptors (Lipinski definition) is 7. The lowest BCUT2D eigenvalue weighted by atomic mass is 9.79. The number of hydrogen-bond donors (Lipinski definition) is 0. The van der Waals surface area contributed by atoms with E-state index in [-0.39, 0.29) is 12.1 Å². The molecular weight excluding hydrogens is 470 g/mol. The fraction of sp³-hybridized carbons (Fsp3) is 0.400. The van der Waals surface area contributed by atoms with Crippen LogP contribution >= 0.6 is 0 Å². The first-order valence-corrected chi connectivity index (χ1v) is 12.5. The summed E-state index contributed by atoms with van der Waals surface area (Å²) in [4.78, 5) is 2.62. The van der Waals surface area contributed by atoms with Crippen LogP contribution in [-0.2, 0) is 19.3 Å². The summed E-state index contributed by atoms with van der Waals surface area (Å²) >= 11 is 0. The molecule has 0 bridgehead atoms. The van der Waals surface area contributed by atoms with E-state index in [4.69, 9.17) is 28.4 Å². The van der Waals surface area contributed by atoms with Gasteiger partial charge < -0.3 is 28.4 Å². The fourth-order valence-corrected chi connectivity index (χ4v) is 5.92. The van der Waals surface area contributed by atoms with Gasteiger partial charge in [0.2, 0.25) is 0 Å². The highest BCUT2D eigenvalue weighted by atomic mass is 16.5. The zero-order valence-electron chi connectivity index (χ0n) is 22.4. The fourth-order valence-electron chi connectivity index (χ4n) is 5.92. The number of ether oxygens (including phenoxy) is 6. The average molecular weight is 506 g/mol. The van der Waals surface area contributed by atoms with E-state index in [2.05, 4.69) is 41.3 Å². The summed E-state index contributed by atoms with van der Waals surface area (Å²) in [5.41, 5.74) is 6.33. The van der Waals surface area contributed by atoms with Crippen molar-refractivity contribution in [3.05, 3.63) is 70.3 Å². The maximum absolute atomic E-state index is 5.71. The molecule has 0 unspecified atom stereocenters. The van der Waals surface area contributed by atoms with Gasteiger partial charge in [-0.1, -0.05) is 6.07 Å². The molecule has 7 heteroatoms. The van der Waals surface area contributed by atoms with Crippen LogP contribution in [0.2, 0.25) is 0 Å². The van der Waals surface area contributed by atoms with Gasteiger partial charge in [-0.3, -0.25) is 4.90 Å². The van der Waals surface area contributed by atoms with Crippen LogP contribution in [0.3, 0.4) is 0 Å². The summed E-state index contributed by atoms with van der Waals surface area (Å²) < 4.78 is 33.7. The van der Waals surface area contributed by atoms with E-state index in [1.165, 1.54) is 27.8 Å². The van der Waals surface area contributed by atoms with Gasteiger partial charge in [-0.2, -0.15) is 0 Å². The van der Waals surface area contributed by atoms with Gasteiger partial charge in [-0.25, -0.2) is 0 Å². The van der Waals surface area contributed by atoms with E-state index >= 15 is 0 Å². The third kappa shape index (κ3) is 4.42. The molecule has 0 N–H and O–H groups in total. The molecule has 2 heterocycles. The molecule has 2 aliphatic heterocycles. The lowest BCUT2D eigenvalue weighted by molar-refractivity contribution is 0.106. The highest BCUT2D eigenvalue weighted by molar-refractivity contribution is 5.54. The third-order valence-electron chi connectivity index (χ3n) is 7.74. The Morgan fingerprint density at radius 3 is 1.78 bits per heavy atom. The molecule has 0 aliphatic carbocycles. The zero-order chi connectivity index (χ0) is 26.1. The Labute approximate surface area is 218 Å². The van der Waals surface area contributed by atoms with E-state index in [1.807, 2.05) is 6.07 Å². The monoisotopic (exact) mass is 505 g/mol. The molecule has 2 atom stereocenters. The third-order valence-corrected chi connectivity index (χ3v) is 7.74. The van der Waals surface area contributed by atoms with Crippen molar-refractivity contribution in [2.24, 2.45) is 0 Å². The van der Waals surface area contributed by atoms with Gasteiger partial charge in [0.1, 0.15) is 0 Å². The Bertz CT molecular complexity index is 1290. The molecular formula is C30H35NO6. The van der Waals surface area contributed by atoms with Gasteiger partial charge in [0.15, 0.2) is 34.5 Å². The smallest absolute Gasteiger partial charge is 0.161 e. The van der Waals surface area contributed by atoms with Crippen LogP contribution in [0.5, 0.6) is 34.5 Å². The first-order valence-electron chi connectivity index (χ1n) is 12.5. The van der Waals surface area contributed by atoms with E-state index in [0.29, 0.717) is 0 Å². The molecule has 196 valence electrons. The SMILES string of the molecule is COc1ccc(C[C@@H]2c3cc(OC)c(OC)cc3C[C@@H]3c4cc(OC)c(OC)cc4CCN23)cc1OC. The summed E-state index contributed by atoms with van der Waals surface area (Å²) in [6.45, 7) is 0.943. The van der Waals surface area contributed by atoms with Crippen LogP contribution in [0.25, 0.3) is 0 Å². The Balaban J connectivity index is 1.62. The molecule has 0 fully saturated rings. The second-order valence-corrected chi connectivity index (χ2v) is 9.43. The van der Waals surface area contributed by atoms with Crippen LogP contribution in [0.15, 0.2) is 42.5 Å². The summed E-state index contributed by atoms with van der Waals surface area (Å²) in [6.07, 6.45) is 2.64. The second kappa shape index (κ2) is 10.4. The Hall–Kier alpha value is -3.58. The van der Waals surface area contributed by atoms with Crippen LogP contribution in [0.4, 0.5) is 0 Å². The van der Waals surface area contributed by atoms with Crippen molar-refractivity contribution in [1.82, 2.24) is 4.90 Å². The molecule has 2 aliphatic rings. The molecule has 0 saturated carbocycles. The highest BCUT2D eigenvalue weighted by Gasteiger charge is 2.39. The van der Waals surface area contributed by atoms with Gasteiger partial charge in [0.05, 0.1) is 42.7 Å². The van der Waals surface area contributed by atoms with Gasteiger partial charge in [0.25, 0.3) is 0 Å². The summed E-state index contributed by atoms with van der Waals surface area (Å²) in [6, 6.07) is 15.1. The van der Waals surface area contributed by atoms with Gasteiger partial charge >= 0.3 is 0 Å². The second-order valence-electron chi connectivity index (χ2n) is 9.43. The molecule has 0 amide bonds. The largest absolute Gasteiger partial charge is 0.493 e. The topological polar surface area (TPSA) is 58.6 Å². The highest BCUT2D eigenvalue weighted by Crippen LogP contribution is 2.49. The molecule has 37 heavy (non-hydrogen) atoms. The first-order chi connectivity index (χ1) is 18.0. The van der Waals surface area contributed by atoms with Gasteiger partial charge in [-0.15, -0.1) is 0 Å². The number of fused-ring (bicyclic) bond motifs is 4. The summed E-state index contributed by atoms with van der Waals surface area (Å²) in [7, 11) is 10.1. The number of benzene rings is 3. The Morgan fingerprint density at radius 1 is 0.622 bits per heavy atom. The van der Waals surface area contributed by atoms with Crippen molar-refractivity contribution in [3.8, 4) is 34.5 Å². The predicted octanol–water partition coefficient (Wildman–Crippen LogP) is 5.18. The maximum Gasteiger partial charge on any atom is 0.161 e. The minimum Gasteiger partial charge on any atom is -0.493 e. The first kappa shape index (κ1) is 25.1. The normalized spacial score (nSPS) is 18.2. The standard InChI is InChI=1S/C30H35NO6/c1-32-25-8-7-18(12-26(25)33-2)11-23-22-17-30(37-6)28(35-4)15-20(22)13-24-21-16-29(36-5)27(34-3)14-19(21)9-10-31(23)24/h7-8,12,14-17,23-24H,9-11,13H2,1-6H3/t23-,24-/m1/s1. The molecule has 3 aromatic rings. The van der Waals surface area contributed by atoms with Crippen LogP contribution in [0.1, 0.15) is 39.9 Å². The summed E-state index contributed by atoms with van der Waals surface area (Å²) in [5, 5.41) is 0. The molecule has 3 aromatic carbocycles. The minimum atomic E-state index is 0.146. The maximum atomic E-state index is 5.71. The lowest BCUT2D eigenvalue weighted by Gasteiger charge is -2.47. The number of methoxy groups -OCH3 is 6. The van der Waals surface area contributed by atoms with Crippen molar-refractivity contribution in [1.29, 1.82) is 0 Å². The van der Waals surface area contributed by atoms with Crippen LogP contribution < -0.4 is 28.4 Å².